The first-order chi connectivity index (χ1) is 15.2. The van der Waals surface area contributed by atoms with Crippen LogP contribution in [0.15, 0.2) is 30.6 Å². The highest BCUT2D eigenvalue weighted by atomic mass is 16.6. The molecule has 168 valence electrons. The molecule has 0 bridgehead atoms. The Kier molecular flexibility index (Phi) is 5.83. The van der Waals surface area contributed by atoms with Crippen LogP contribution in [0, 0.1) is 0 Å². The Balaban J connectivity index is 1.73. The third kappa shape index (κ3) is 3.91. The summed E-state index contributed by atoms with van der Waals surface area (Å²) in [4.78, 5) is 26.2. The number of rotatable bonds is 6. The molecule has 0 spiro atoms. The molecule has 8 heteroatoms. The van der Waals surface area contributed by atoms with Gasteiger partial charge in [-0.25, -0.2) is 9.78 Å². The van der Waals surface area contributed by atoms with Gasteiger partial charge in [-0.3, -0.25) is 9.97 Å². The second kappa shape index (κ2) is 8.44. The van der Waals surface area contributed by atoms with Crippen LogP contribution in [0.2, 0.25) is 0 Å². The number of methoxy groups -OCH3 is 2. The minimum Gasteiger partial charge on any atom is -0.481 e. The highest BCUT2D eigenvalue weighted by Crippen LogP contribution is 2.37. The number of nitrogens with two attached hydrogens (primary N) is 1. The van der Waals surface area contributed by atoms with E-state index in [9.17, 15) is 4.79 Å². The summed E-state index contributed by atoms with van der Waals surface area (Å²) < 4.78 is 16.2. The average molecular weight is 437 g/mol. The van der Waals surface area contributed by atoms with Gasteiger partial charge in [-0.15, -0.1) is 0 Å². The van der Waals surface area contributed by atoms with Crippen molar-refractivity contribution in [2.24, 2.45) is 5.73 Å². The van der Waals surface area contributed by atoms with Crippen LogP contribution in [-0.2, 0) is 15.9 Å². The lowest BCUT2D eigenvalue weighted by atomic mass is 9.84. The number of fused-ring (bicyclic) bond motifs is 2. The molecule has 8 nitrogen and oxygen atoms in total. The van der Waals surface area contributed by atoms with E-state index >= 15 is 0 Å². The maximum atomic E-state index is 12.4. The van der Waals surface area contributed by atoms with Crippen LogP contribution in [0.3, 0.4) is 0 Å². The van der Waals surface area contributed by atoms with E-state index in [2.05, 4.69) is 9.97 Å². The van der Waals surface area contributed by atoms with E-state index in [1.54, 1.807) is 32.7 Å². The quantitative estimate of drug-likeness (QED) is 0.586. The minimum absolute atomic E-state index is 0.0197. The predicted molar refractivity (Wildman–Crippen MR) is 120 cm³/mol. The Bertz CT molecular complexity index is 1180. The molecular formula is C24H28N4O4. The molecule has 1 aliphatic heterocycles. The van der Waals surface area contributed by atoms with E-state index in [-0.39, 0.29) is 17.9 Å². The van der Waals surface area contributed by atoms with Gasteiger partial charge in [-0.05, 0) is 43.0 Å². The normalized spacial score (nSPS) is 18.2. The molecule has 0 unspecified atom stereocenters. The molecule has 4 rings (SSSR count). The lowest BCUT2D eigenvalue weighted by Gasteiger charge is -2.36. The standard InChI is InChI=1S/C24H28N4O4/c1-13-21-16(23(29)32-24(13,2)3)7-6-14(28-21)8-15-9-17-18(20(25)12-30-4)10-27-22(31-5)19(17)11-26-15/h6-7,9-11,13,20H,8,12,25H2,1-5H3/t13-,20+/m1/s1. The van der Waals surface area contributed by atoms with E-state index < -0.39 is 5.60 Å². The Labute approximate surface area is 187 Å². The molecule has 2 atom stereocenters. The lowest BCUT2D eigenvalue weighted by molar-refractivity contribution is -0.0190. The Hall–Kier alpha value is -3.10. The van der Waals surface area contributed by atoms with Crippen LogP contribution in [0.1, 0.15) is 65.7 Å². The number of hydrogen-bond acceptors (Lipinski definition) is 8. The summed E-state index contributed by atoms with van der Waals surface area (Å²) in [7, 11) is 3.20. The number of carbonyl (C=O) groups excluding carboxylic acids is 1. The maximum Gasteiger partial charge on any atom is 0.340 e. The van der Waals surface area contributed by atoms with Crippen LogP contribution >= 0.6 is 0 Å². The Morgan fingerprint density at radius 2 is 1.94 bits per heavy atom. The topological polar surface area (TPSA) is 109 Å². The van der Waals surface area contributed by atoms with Crippen molar-refractivity contribution in [2.75, 3.05) is 20.8 Å². The van der Waals surface area contributed by atoms with Crippen molar-refractivity contribution in [1.82, 2.24) is 15.0 Å². The SMILES string of the molecule is COC[C@H](N)c1cnc(OC)c2cnc(Cc3ccc4c(n3)[C@@H](C)C(C)(C)OC4=O)cc12. The van der Waals surface area contributed by atoms with Crippen molar-refractivity contribution in [3.63, 3.8) is 0 Å². The number of esters is 1. The van der Waals surface area contributed by atoms with E-state index in [4.69, 9.17) is 24.9 Å². The smallest absolute Gasteiger partial charge is 0.340 e. The number of pyridine rings is 3. The van der Waals surface area contributed by atoms with E-state index in [1.807, 2.05) is 32.9 Å². The van der Waals surface area contributed by atoms with Crippen molar-refractivity contribution in [3.05, 3.63) is 58.8 Å². The van der Waals surface area contributed by atoms with E-state index in [0.29, 0.717) is 24.5 Å². The summed E-state index contributed by atoms with van der Waals surface area (Å²) in [5, 5.41) is 1.71. The molecule has 0 radical (unpaired) electrons. The van der Waals surface area contributed by atoms with Crippen LogP contribution in [0.5, 0.6) is 5.88 Å². The second-order valence-electron chi connectivity index (χ2n) is 8.63. The fraction of sp³-hybridized carbons (Fsp3) is 0.417. The van der Waals surface area contributed by atoms with Crippen molar-refractivity contribution >= 4 is 16.7 Å². The maximum absolute atomic E-state index is 12.4. The van der Waals surface area contributed by atoms with Crippen LogP contribution in [0.4, 0.5) is 0 Å². The Morgan fingerprint density at radius 3 is 2.66 bits per heavy atom. The second-order valence-corrected chi connectivity index (χ2v) is 8.63. The van der Waals surface area contributed by atoms with Gasteiger partial charge in [0.2, 0.25) is 5.88 Å². The molecule has 1 aliphatic rings. The van der Waals surface area contributed by atoms with Gasteiger partial charge in [0.25, 0.3) is 0 Å². The molecule has 0 saturated carbocycles. The van der Waals surface area contributed by atoms with Gasteiger partial charge in [-0.2, -0.15) is 0 Å². The van der Waals surface area contributed by atoms with Gasteiger partial charge in [0.1, 0.15) is 5.60 Å². The lowest BCUT2D eigenvalue weighted by Crippen LogP contribution is -2.39. The molecule has 0 fully saturated rings. The number of cyclic esters (lactones) is 1. The van der Waals surface area contributed by atoms with Crippen LogP contribution < -0.4 is 10.5 Å². The fourth-order valence-corrected chi connectivity index (χ4v) is 4.01. The minimum atomic E-state index is -0.604. The van der Waals surface area contributed by atoms with E-state index in [1.165, 1.54) is 0 Å². The number of nitrogens with zero attached hydrogens (tertiary/aromatic N) is 3. The zero-order valence-corrected chi connectivity index (χ0v) is 19.0. The van der Waals surface area contributed by atoms with Crippen LogP contribution in [0.25, 0.3) is 10.8 Å². The number of hydrogen-bond donors (Lipinski definition) is 1. The first-order valence-corrected chi connectivity index (χ1v) is 10.5. The third-order valence-corrected chi connectivity index (χ3v) is 6.14. The van der Waals surface area contributed by atoms with Crippen molar-refractivity contribution < 1.29 is 19.0 Å². The van der Waals surface area contributed by atoms with Crippen molar-refractivity contribution in [2.45, 2.75) is 44.8 Å². The summed E-state index contributed by atoms with van der Waals surface area (Å²) >= 11 is 0. The largest absolute Gasteiger partial charge is 0.481 e. The van der Waals surface area contributed by atoms with E-state index in [0.717, 1.165) is 33.4 Å². The molecule has 32 heavy (non-hydrogen) atoms. The first kappa shape index (κ1) is 22.1. The molecule has 0 saturated heterocycles. The number of carbonyl (C=O) groups is 1. The van der Waals surface area contributed by atoms with Crippen molar-refractivity contribution in [1.29, 1.82) is 0 Å². The molecule has 4 heterocycles. The van der Waals surface area contributed by atoms with Gasteiger partial charge in [0, 0.05) is 43.2 Å². The van der Waals surface area contributed by atoms with Gasteiger partial charge in [0.15, 0.2) is 0 Å². The summed E-state index contributed by atoms with van der Waals surface area (Å²) in [5.41, 5.74) is 9.52. The first-order valence-electron chi connectivity index (χ1n) is 10.5. The highest BCUT2D eigenvalue weighted by Gasteiger charge is 2.40. The summed E-state index contributed by atoms with van der Waals surface area (Å²) in [6.07, 6.45) is 3.98. The van der Waals surface area contributed by atoms with Gasteiger partial charge >= 0.3 is 5.97 Å². The predicted octanol–water partition coefficient (Wildman–Crippen LogP) is 3.32. The molecule has 0 amide bonds. The molecule has 3 aromatic rings. The van der Waals surface area contributed by atoms with Gasteiger partial charge in [0.05, 0.1) is 36.4 Å². The number of aromatic nitrogens is 3. The summed E-state index contributed by atoms with van der Waals surface area (Å²) in [6.45, 7) is 6.21. The van der Waals surface area contributed by atoms with Gasteiger partial charge in [-0.1, -0.05) is 6.92 Å². The number of ether oxygens (including phenoxy) is 3. The summed E-state index contributed by atoms with van der Waals surface area (Å²) in [6, 6.07) is 5.31. The molecule has 3 aromatic heterocycles. The molecule has 0 aromatic carbocycles. The zero-order chi connectivity index (χ0) is 23.0. The van der Waals surface area contributed by atoms with Crippen LogP contribution in [-0.4, -0.2) is 47.3 Å². The fourth-order valence-electron chi connectivity index (χ4n) is 4.01. The average Bonchev–Trinajstić information content (AvgIpc) is 2.76. The zero-order valence-electron chi connectivity index (χ0n) is 19.0. The third-order valence-electron chi connectivity index (χ3n) is 6.14. The van der Waals surface area contributed by atoms with Crippen molar-refractivity contribution in [3.8, 4) is 5.88 Å². The highest BCUT2D eigenvalue weighted by molar-refractivity contribution is 5.92. The monoisotopic (exact) mass is 436 g/mol. The molecule has 2 N–H and O–H groups in total. The molecular weight excluding hydrogens is 408 g/mol. The molecule has 0 aliphatic carbocycles. The summed E-state index contributed by atoms with van der Waals surface area (Å²) in [5.74, 6) is 0.143. The van der Waals surface area contributed by atoms with Gasteiger partial charge < -0.3 is 19.9 Å². The Morgan fingerprint density at radius 1 is 1.16 bits per heavy atom.